The number of hydrogen-bond donors (Lipinski definition) is 0. The molecule has 4 nitrogen and oxygen atoms in total. The highest BCUT2D eigenvalue weighted by Gasteiger charge is 2.16. The van der Waals surface area contributed by atoms with Crippen LogP contribution in [-0.4, -0.2) is 24.8 Å². The Balaban J connectivity index is 2.77. The van der Waals surface area contributed by atoms with Gasteiger partial charge in [-0.2, -0.15) is 0 Å². The van der Waals surface area contributed by atoms with Crippen LogP contribution < -0.4 is 4.74 Å². The van der Waals surface area contributed by atoms with Crippen LogP contribution in [0.3, 0.4) is 0 Å². The zero-order chi connectivity index (χ0) is 12.6. The molecule has 0 amide bonds. The van der Waals surface area contributed by atoms with E-state index in [2.05, 4.69) is 0 Å². The molecule has 2 aromatic rings. The van der Waals surface area contributed by atoms with Crippen molar-refractivity contribution in [3.8, 4) is 5.75 Å². The number of nitrogens with zero attached hydrogens (tertiary/aromatic N) is 1. The maximum absolute atomic E-state index is 11.6. The first-order valence-electron chi connectivity index (χ1n) is 4.99. The van der Waals surface area contributed by atoms with Crippen molar-refractivity contribution >= 4 is 28.5 Å². The summed E-state index contributed by atoms with van der Waals surface area (Å²) < 4.78 is 11.7. The number of rotatable bonds is 2. The van der Waals surface area contributed by atoms with E-state index in [4.69, 9.17) is 21.1 Å². The van der Waals surface area contributed by atoms with Gasteiger partial charge in [-0.1, -0.05) is 11.6 Å². The van der Waals surface area contributed by atoms with Gasteiger partial charge in [0.2, 0.25) is 0 Å². The van der Waals surface area contributed by atoms with Crippen molar-refractivity contribution in [1.29, 1.82) is 0 Å². The third-order valence-electron chi connectivity index (χ3n) is 2.70. The Labute approximate surface area is 104 Å². The molecular formula is C12H12ClNO3. The fourth-order valence-corrected chi connectivity index (χ4v) is 2.04. The highest BCUT2D eigenvalue weighted by molar-refractivity contribution is 6.31. The van der Waals surface area contributed by atoms with Crippen molar-refractivity contribution < 1.29 is 14.3 Å². The summed E-state index contributed by atoms with van der Waals surface area (Å²) in [4.78, 5) is 11.6. The van der Waals surface area contributed by atoms with Crippen LogP contribution in [0.15, 0.2) is 18.2 Å². The van der Waals surface area contributed by atoms with Crippen LogP contribution in [0.5, 0.6) is 5.75 Å². The van der Waals surface area contributed by atoms with Gasteiger partial charge in [0.05, 0.1) is 19.7 Å². The molecular weight excluding hydrogens is 242 g/mol. The largest absolute Gasteiger partial charge is 0.496 e. The molecule has 0 aliphatic heterocycles. The van der Waals surface area contributed by atoms with Crippen LogP contribution >= 0.6 is 11.6 Å². The van der Waals surface area contributed by atoms with Gasteiger partial charge in [0.1, 0.15) is 11.4 Å². The topological polar surface area (TPSA) is 40.5 Å². The van der Waals surface area contributed by atoms with Gasteiger partial charge in [0, 0.05) is 17.5 Å². The zero-order valence-electron chi connectivity index (χ0n) is 9.78. The number of halogens is 1. The standard InChI is InChI=1S/C12H12ClNO3/c1-14-9-4-7(13)5-11(16-2)8(9)6-10(14)12(15)17-3/h4-6H,1-3H3. The Bertz CT molecular complexity index is 589. The van der Waals surface area contributed by atoms with Gasteiger partial charge in [-0.15, -0.1) is 0 Å². The predicted molar refractivity (Wildman–Crippen MR) is 65.8 cm³/mol. The number of aromatic nitrogens is 1. The highest BCUT2D eigenvalue weighted by atomic mass is 35.5. The predicted octanol–water partition coefficient (Wildman–Crippen LogP) is 2.63. The van der Waals surface area contributed by atoms with E-state index in [-0.39, 0.29) is 5.97 Å². The number of carbonyl (C=O) groups excluding carboxylic acids is 1. The molecule has 0 radical (unpaired) electrons. The summed E-state index contributed by atoms with van der Waals surface area (Å²) in [5.74, 6) is 0.250. The molecule has 17 heavy (non-hydrogen) atoms. The molecule has 0 N–H and O–H groups in total. The molecule has 1 aromatic carbocycles. The second kappa shape index (κ2) is 4.30. The first-order valence-corrected chi connectivity index (χ1v) is 5.37. The SMILES string of the molecule is COC(=O)c1cc2c(OC)cc(Cl)cc2n1C. The third-order valence-corrected chi connectivity index (χ3v) is 2.92. The molecule has 0 aliphatic rings. The third kappa shape index (κ3) is 1.85. The molecule has 0 bridgehead atoms. The molecule has 90 valence electrons. The molecule has 0 unspecified atom stereocenters. The monoisotopic (exact) mass is 253 g/mol. The number of benzene rings is 1. The molecule has 1 aromatic heterocycles. The summed E-state index contributed by atoms with van der Waals surface area (Å²) in [6, 6.07) is 5.23. The summed E-state index contributed by atoms with van der Waals surface area (Å²) >= 11 is 5.99. The molecule has 0 fully saturated rings. The minimum absolute atomic E-state index is 0.387. The van der Waals surface area contributed by atoms with E-state index < -0.39 is 0 Å². The summed E-state index contributed by atoms with van der Waals surface area (Å²) in [5.41, 5.74) is 1.29. The van der Waals surface area contributed by atoms with Crippen LogP contribution in [0.1, 0.15) is 10.5 Å². The minimum atomic E-state index is -0.387. The molecule has 1 heterocycles. The van der Waals surface area contributed by atoms with Gasteiger partial charge in [0.25, 0.3) is 0 Å². The molecule has 5 heteroatoms. The van der Waals surface area contributed by atoms with E-state index >= 15 is 0 Å². The van der Waals surface area contributed by atoms with Gasteiger partial charge in [-0.3, -0.25) is 0 Å². The Morgan fingerprint density at radius 3 is 2.59 bits per heavy atom. The second-order valence-corrected chi connectivity index (χ2v) is 4.06. The van der Waals surface area contributed by atoms with Crippen molar-refractivity contribution in [3.63, 3.8) is 0 Å². The van der Waals surface area contributed by atoms with Gasteiger partial charge in [-0.05, 0) is 18.2 Å². The number of carbonyl (C=O) groups is 1. The van der Waals surface area contributed by atoms with E-state index in [1.165, 1.54) is 7.11 Å². The average Bonchev–Trinajstić information content (AvgIpc) is 2.65. The second-order valence-electron chi connectivity index (χ2n) is 3.62. The normalized spacial score (nSPS) is 10.6. The minimum Gasteiger partial charge on any atom is -0.496 e. The van der Waals surface area contributed by atoms with Gasteiger partial charge in [0.15, 0.2) is 0 Å². The number of aryl methyl sites for hydroxylation is 1. The van der Waals surface area contributed by atoms with Crippen molar-refractivity contribution in [1.82, 2.24) is 4.57 Å². The van der Waals surface area contributed by atoms with Crippen molar-refractivity contribution in [2.24, 2.45) is 7.05 Å². The van der Waals surface area contributed by atoms with Crippen LogP contribution in [0.4, 0.5) is 0 Å². The van der Waals surface area contributed by atoms with E-state index in [9.17, 15) is 4.79 Å². The first kappa shape index (κ1) is 11.8. The van der Waals surface area contributed by atoms with Crippen molar-refractivity contribution in [2.45, 2.75) is 0 Å². The van der Waals surface area contributed by atoms with E-state index in [0.29, 0.717) is 16.5 Å². The van der Waals surface area contributed by atoms with Gasteiger partial charge < -0.3 is 14.0 Å². The summed E-state index contributed by atoms with van der Waals surface area (Å²) in [6.45, 7) is 0. The maximum atomic E-state index is 11.6. The molecule has 0 aliphatic carbocycles. The van der Waals surface area contributed by atoms with Gasteiger partial charge in [-0.25, -0.2) is 4.79 Å². The lowest BCUT2D eigenvalue weighted by atomic mass is 10.2. The number of esters is 1. The number of ether oxygens (including phenoxy) is 2. The molecule has 0 atom stereocenters. The fraction of sp³-hybridized carbons (Fsp3) is 0.250. The van der Waals surface area contributed by atoms with E-state index in [1.807, 2.05) is 0 Å². The number of methoxy groups -OCH3 is 2. The average molecular weight is 254 g/mol. The smallest absolute Gasteiger partial charge is 0.354 e. The summed E-state index contributed by atoms with van der Waals surface area (Å²) in [5, 5.41) is 1.40. The Hall–Kier alpha value is -1.68. The Morgan fingerprint density at radius 1 is 1.29 bits per heavy atom. The van der Waals surface area contributed by atoms with Crippen molar-refractivity contribution in [3.05, 3.63) is 28.9 Å². The molecule has 0 saturated heterocycles. The van der Waals surface area contributed by atoms with Crippen molar-refractivity contribution in [2.75, 3.05) is 14.2 Å². The van der Waals surface area contributed by atoms with Crippen LogP contribution in [0.25, 0.3) is 10.9 Å². The van der Waals surface area contributed by atoms with E-state index in [0.717, 1.165) is 10.9 Å². The Kier molecular flexibility index (Phi) is 2.98. The lowest BCUT2D eigenvalue weighted by Gasteiger charge is -2.04. The van der Waals surface area contributed by atoms with Crippen LogP contribution in [0, 0.1) is 0 Å². The lowest BCUT2D eigenvalue weighted by molar-refractivity contribution is 0.0590. The number of hydrogen-bond acceptors (Lipinski definition) is 3. The van der Waals surface area contributed by atoms with Crippen LogP contribution in [0.2, 0.25) is 5.02 Å². The highest BCUT2D eigenvalue weighted by Crippen LogP contribution is 2.32. The van der Waals surface area contributed by atoms with Crippen LogP contribution in [-0.2, 0) is 11.8 Å². The summed E-state index contributed by atoms with van der Waals surface area (Å²) in [7, 11) is 4.70. The molecule has 0 spiro atoms. The lowest BCUT2D eigenvalue weighted by Crippen LogP contribution is -2.06. The zero-order valence-corrected chi connectivity index (χ0v) is 10.5. The summed E-state index contributed by atoms with van der Waals surface area (Å²) in [6.07, 6.45) is 0. The number of fused-ring (bicyclic) bond motifs is 1. The molecule has 0 saturated carbocycles. The fourth-order valence-electron chi connectivity index (χ4n) is 1.83. The molecule has 2 rings (SSSR count). The quantitative estimate of drug-likeness (QED) is 0.773. The van der Waals surface area contributed by atoms with E-state index in [1.54, 1.807) is 36.9 Å². The maximum Gasteiger partial charge on any atom is 0.354 e. The first-order chi connectivity index (χ1) is 8.08. The van der Waals surface area contributed by atoms with Gasteiger partial charge >= 0.3 is 5.97 Å². The Morgan fingerprint density at radius 2 is 2.00 bits per heavy atom.